The summed E-state index contributed by atoms with van der Waals surface area (Å²) in [7, 11) is 3.03. The number of nitrogens with zero attached hydrogens (tertiary/aromatic N) is 4. The average molecular weight is 611 g/mol. The minimum atomic E-state index is -0.0482. The van der Waals surface area contributed by atoms with E-state index in [9.17, 15) is 4.79 Å². The van der Waals surface area contributed by atoms with Gasteiger partial charge in [-0.3, -0.25) is 9.36 Å². The largest absolute Gasteiger partial charge is 0.494 e. The van der Waals surface area contributed by atoms with E-state index in [2.05, 4.69) is 53.5 Å². The number of unbranched alkanes of at least 4 members (excludes halogenated alkanes) is 1. The highest BCUT2D eigenvalue weighted by atomic mass is 16.6. The van der Waals surface area contributed by atoms with Crippen LogP contribution in [0.3, 0.4) is 0 Å². The summed E-state index contributed by atoms with van der Waals surface area (Å²) in [5.41, 5.74) is 6.16. The second-order valence-corrected chi connectivity index (χ2v) is 10.1. The first-order valence-electron chi connectivity index (χ1n) is 15.7. The molecular formula is C37H46N4O4. The minimum Gasteiger partial charge on any atom is -0.494 e. The molecule has 0 radical (unpaired) electrons. The van der Waals surface area contributed by atoms with Crippen LogP contribution in [0.5, 0.6) is 5.75 Å². The molecule has 0 aliphatic heterocycles. The summed E-state index contributed by atoms with van der Waals surface area (Å²) in [5, 5.41) is 4.12. The van der Waals surface area contributed by atoms with Gasteiger partial charge in [-0.25, -0.2) is 4.98 Å². The molecule has 2 aromatic carbocycles. The Hall–Kier alpha value is -4.72. The first-order valence-corrected chi connectivity index (χ1v) is 15.7. The third-order valence-electron chi connectivity index (χ3n) is 7.12. The van der Waals surface area contributed by atoms with Crippen molar-refractivity contribution in [3.63, 3.8) is 0 Å². The van der Waals surface area contributed by atoms with Crippen molar-refractivity contribution in [1.29, 1.82) is 0 Å². The number of rotatable bonds is 12. The molecule has 1 aliphatic rings. The summed E-state index contributed by atoms with van der Waals surface area (Å²) < 4.78 is 12.5. The van der Waals surface area contributed by atoms with Gasteiger partial charge in [0.05, 0.1) is 25.8 Å². The fourth-order valence-corrected chi connectivity index (χ4v) is 4.96. The monoisotopic (exact) mass is 610 g/mol. The van der Waals surface area contributed by atoms with Crippen molar-refractivity contribution in [1.82, 2.24) is 9.55 Å². The highest BCUT2D eigenvalue weighted by molar-refractivity contribution is 6.14. The summed E-state index contributed by atoms with van der Waals surface area (Å²) >= 11 is 0. The minimum absolute atomic E-state index is 0.0482. The van der Waals surface area contributed by atoms with Gasteiger partial charge in [-0.15, -0.1) is 0 Å². The zero-order valence-electron chi connectivity index (χ0n) is 27.7. The zero-order valence-corrected chi connectivity index (χ0v) is 27.7. The Morgan fingerprint density at radius 1 is 1.07 bits per heavy atom. The molecule has 4 rings (SSSR count). The number of aryl methyl sites for hydroxylation is 2. The van der Waals surface area contributed by atoms with E-state index in [1.54, 1.807) is 6.20 Å². The van der Waals surface area contributed by atoms with Gasteiger partial charge in [0.1, 0.15) is 18.7 Å². The Labute approximate surface area is 267 Å². The summed E-state index contributed by atoms with van der Waals surface area (Å²) in [6.45, 7) is 11.1. The topological polar surface area (TPSA) is 87.3 Å². The van der Waals surface area contributed by atoms with Crippen molar-refractivity contribution in [2.24, 2.45) is 10.1 Å². The average Bonchev–Trinajstić information content (AvgIpc) is 3.32. The number of methoxy groups -OCH3 is 1. The van der Waals surface area contributed by atoms with Crippen molar-refractivity contribution in [3.8, 4) is 16.9 Å². The van der Waals surface area contributed by atoms with Crippen LogP contribution in [-0.4, -0.2) is 42.6 Å². The van der Waals surface area contributed by atoms with Crippen molar-refractivity contribution >= 4 is 17.8 Å². The molecule has 8 heteroatoms. The summed E-state index contributed by atoms with van der Waals surface area (Å²) in [4.78, 5) is 28.1. The lowest BCUT2D eigenvalue weighted by Crippen LogP contribution is -2.27. The SMILES string of the molecule is CC.CCCCc1ncc(-c2ccc(OCC)c(C)c2)c(=O)n1Cc1ccc(C2=CCC=CC=C2/C(N=COC)=N/OC)cc1. The van der Waals surface area contributed by atoms with Crippen LogP contribution in [0.2, 0.25) is 0 Å². The molecule has 8 nitrogen and oxygen atoms in total. The summed E-state index contributed by atoms with van der Waals surface area (Å²) in [5.74, 6) is 2.02. The molecule has 45 heavy (non-hydrogen) atoms. The number of aromatic nitrogens is 2. The normalized spacial score (nSPS) is 13.0. The second-order valence-electron chi connectivity index (χ2n) is 10.1. The molecule has 0 spiro atoms. The zero-order chi connectivity index (χ0) is 32.6. The molecule has 0 bridgehead atoms. The van der Waals surface area contributed by atoms with Crippen molar-refractivity contribution in [2.75, 3.05) is 20.8 Å². The molecule has 1 aliphatic carbocycles. The van der Waals surface area contributed by atoms with E-state index in [1.807, 2.05) is 62.6 Å². The van der Waals surface area contributed by atoms with E-state index in [1.165, 1.54) is 20.6 Å². The number of benzene rings is 2. The Morgan fingerprint density at radius 3 is 2.49 bits per heavy atom. The number of amidine groups is 1. The molecule has 0 saturated heterocycles. The van der Waals surface area contributed by atoms with Crippen molar-refractivity contribution < 1.29 is 14.3 Å². The number of hydrogen-bond donors (Lipinski definition) is 0. The van der Waals surface area contributed by atoms with E-state index in [0.717, 1.165) is 70.7 Å². The van der Waals surface area contributed by atoms with Gasteiger partial charge < -0.3 is 14.3 Å². The van der Waals surface area contributed by atoms with Gasteiger partial charge in [0.2, 0.25) is 5.84 Å². The van der Waals surface area contributed by atoms with E-state index in [4.69, 9.17) is 19.3 Å². The highest BCUT2D eigenvalue weighted by Gasteiger charge is 2.17. The van der Waals surface area contributed by atoms with Gasteiger partial charge in [0.15, 0.2) is 6.40 Å². The Kier molecular flexibility index (Phi) is 14.0. The van der Waals surface area contributed by atoms with Crippen LogP contribution >= 0.6 is 0 Å². The summed E-state index contributed by atoms with van der Waals surface area (Å²) in [6, 6.07) is 14.1. The van der Waals surface area contributed by atoms with Gasteiger partial charge in [-0.2, -0.15) is 4.99 Å². The van der Waals surface area contributed by atoms with Crippen LogP contribution < -0.4 is 10.3 Å². The molecule has 0 amide bonds. The van der Waals surface area contributed by atoms with Crippen LogP contribution in [0.4, 0.5) is 0 Å². The first-order chi connectivity index (χ1) is 22.0. The second kappa shape index (κ2) is 18.2. The van der Waals surface area contributed by atoms with E-state index < -0.39 is 0 Å². The van der Waals surface area contributed by atoms with Gasteiger partial charge in [-0.05, 0) is 66.6 Å². The van der Waals surface area contributed by atoms with Gasteiger partial charge in [0, 0.05) is 18.2 Å². The number of allylic oxidation sites excluding steroid dienone is 4. The quantitative estimate of drug-likeness (QED) is 0.118. The van der Waals surface area contributed by atoms with Crippen molar-refractivity contribution in [2.45, 2.75) is 66.8 Å². The van der Waals surface area contributed by atoms with E-state index in [-0.39, 0.29) is 5.56 Å². The fourth-order valence-electron chi connectivity index (χ4n) is 4.96. The predicted molar refractivity (Wildman–Crippen MR) is 185 cm³/mol. The number of aliphatic imine (C=N–C) groups is 1. The van der Waals surface area contributed by atoms with Gasteiger partial charge in [0.25, 0.3) is 5.56 Å². The number of oxime groups is 1. The molecule has 0 unspecified atom stereocenters. The Balaban J connectivity index is 0.00000271. The van der Waals surface area contributed by atoms with Crippen LogP contribution in [0.25, 0.3) is 16.7 Å². The smallest absolute Gasteiger partial charge is 0.261 e. The Morgan fingerprint density at radius 2 is 1.82 bits per heavy atom. The third kappa shape index (κ3) is 9.14. The fraction of sp³-hybridized carbons (Fsp3) is 0.351. The third-order valence-corrected chi connectivity index (χ3v) is 7.12. The molecule has 1 heterocycles. The maximum absolute atomic E-state index is 13.9. The van der Waals surface area contributed by atoms with Crippen LogP contribution in [0.1, 0.15) is 69.5 Å². The van der Waals surface area contributed by atoms with Crippen molar-refractivity contribution in [3.05, 3.63) is 111 Å². The molecule has 3 aromatic rings. The van der Waals surface area contributed by atoms with Gasteiger partial charge >= 0.3 is 0 Å². The van der Waals surface area contributed by atoms with Crippen LogP contribution in [0.15, 0.2) is 93.5 Å². The standard InChI is InChI=1S/C35H40N4O4.C2H6/c1-6-8-14-33-36-22-31(28-19-20-32(43-7-2)25(3)21-28)35(40)39(33)23-26-15-17-27(18-16-26)29-12-10-9-11-13-30(29)34(38-42-5)37-24-41-4;1-2/h9,11-13,15-22,24H,6-8,10,14,23H2,1-5H3;1-2H3/b37-24?,38-34-;. The summed E-state index contributed by atoms with van der Waals surface area (Å²) in [6.07, 6.45) is 14.7. The van der Waals surface area contributed by atoms with Crippen LogP contribution in [0, 0.1) is 6.92 Å². The van der Waals surface area contributed by atoms with E-state index in [0.29, 0.717) is 24.6 Å². The number of ether oxygens (including phenoxy) is 2. The Bertz CT molecular complexity index is 1610. The molecule has 0 N–H and O–H groups in total. The predicted octanol–water partition coefficient (Wildman–Crippen LogP) is 7.94. The first kappa shape index (κ1) is 34.8. The molecule has 0 atom stereocenters. The number of hydrogen-bond acceptors (Lipinski definition) is 6. The maximum Gasteiger partial charge on any atom is 0.261 e. The maximum atomic E-state index is 13.9. The van der Waals surface area contributed by atoms with Gasteiger partial charge in [-0.1, -0.05) is 87.0 Å². The molecule has 1 aromatic heterocycles. The lowest BCUT2D eigenvalue weighted by atomic mass is 9.95. The van der Waals surface area contributed by atoms with E-state index >= 15 is 0 Å². The lowest BCUT2D eigenvalue weighted by Gasteiger charge is -2.16. The molecular weight excluding hydrogens is 564 g/mol. The highest BCUT2D eigenvalue weighted by Crippen LogP contribution is 2.29. The molecule has 238 valence electrons. The lowest BCUT2D eigenvalue weighted by molar-refractivity contribution is 0.213. The molecule has 0 fully saturated rings. The van der Waals surface area contributed by atoms with Crippen LogP contribution in [-0.2, 0) is 22.5 Å². The molecule has 0 saturated carbocycles.